The maximum atomic E-state index is 10.8. The smallest absolute Gasteiger partial charge is 0.221 e. The van der Waals surface area contributed by atoms with Gasteiger partial charge in [-0.05, 0) is 31.2 Å². The highest BCUT2D eigenvalue weighted by Crippen LogP contribution is 2.22. The Morgan fingerprint density at radius 2 is 2.12 bits per heavy atom. The molecular formula is C12H14N2OS. The number of hydrogen-bond donors (Lipinski definition) is 1. The summed E-state index contributed by atoms with van der Waals surface area (Å²) in [6, 6.07) is 9.81. The molecule has 0 spiro atoms. The molecule has 0 aliphatic heterocycles. The standard InChI is InChI=1S/C12H14N2OS/c1-9(7-13)8-16-12-5-3-11(4-6-12)14-10(2)15/h3-6,9H,8H2,1-2H3,(H,14,15)/t9-/m1/s1. The van der Waals surface area contributed by atoms with Gasteiger partial charge in [0.25, 0.3) is 0 Å². The monoisotopic (exact) mass is 234 g/mol. The van der Waals surface area contributed by atoms with E-state index in [1.165, 1.54) is 6.92 Å². The summed E-state index contributed by atoms with van der Waals surface area (Å²) in [6.07, 6.45) is 0. The molecule has 1 aromatic carbocycles. The van der Waals surface area contributed by atoms with Crippen LogP contribution < -0.4 is 5.32 Å². The second-order valence-electron chi connectivity index (χ2n) is 3.55. The third kappa shape index (κ3) is 4.37. The first-order valence-corrected chi connectivity index (χ1v) is 6.00. The summed E-state index contributed by atoms with van der Waals surface area (Å²) in [7, 11) is 0. The Balaban J connectivity index is 2.52. The van der Waals surface area contributed by atoms with Crippen molar-refractivity contribution in [2.45, 2.75) is 18.7 Å². The third-order valence-electron chi connectivity index (χ3n) is 1.90. The molecular weight excluding hydrogens is 220 g/mol. The van der Waals surface area contributed by atoms with Crippen molar-refractivity contribution in [3.8, 4) is 6.07 Å². The van der Waals surface area contributed by atoms with Crippen LogP contribution >= 0.6 is 11.8 Å². The van der Waals surface area contributed by atoms with Crippen LogP contribution in [0.15, 0.2) is 29.2 Å². The fraction of sp³-hybridized carbons (Fsp3) is 0.333. The number of rotatable bonds is 4. The van der Waals surface area contributed by atoms with E-state index in [9.17, 15) is 4.79 Å². The van der Waals surface area contributed by atoms with Crippen LogP contribution in [-0.4, -0.2) is 11.7 Å². The van der Waals surface area contributed by atoms with Crippen LogP contribution in [0, 0.1) is 17.2 Å². The summed E-state index contributed by atoms with van der Waals surface area (Å²) in [4.78, 5) is 11.9. The molecule has 0 heterocycles. The zero-order valence-corrected chi connectivity index (χ0v) is 10.2. The van der Waals surface area contributed by atoms with Gasteiger partial charge in [-0.1, -0.05) is 0 Å². The van der Waals surface area contributed by atoms with Crippen molar-refractivity contribution in [3.63, 3.8) is 0 Å². The average molecular weight is 234 g/mol. The minimum atomic E-state index is -0.0708. The summed E-state index contributed by atoms with van der Waals surface area (Å²) in [6.45, 7) is 3.38. The lowest BCUT2D eigenvalue weighted by atomic mass is 10.3. The summed E-state index contributed by atoms with van der Waals surface area (Å²) in [5, 5.41) is 11.4. The predicted molar refractivity (Wildman–Crippen MR) is 66.2 cm³/mol. The van der Waals surface area contributed by atoms with Crippen molar-refractivity contribution in [1.29, 1.82) is 5.26 Å². The van der Waals surface area contributed by atoms with Crippen molar-refractivity contribution in [2.75, 3.05) is 11.1 Å². The Morgan fingerprint density at radius 1 is 1.50 bits per heavy atom. The van der Waals surface area contributed by atoms with Crippen molar-refractivity contribution in [2.24, 2.45) is 5.92 Å². The van der Waals surface area contributed by atoms with Crippen LogP contribution in [0.1, 0.15) is 13.8 Å². The number of carbonyl (C=O) groups excluding carboxylic acids is 1. The van der Waals surface area contributed by atoms with Crippen molar-refractivity contribution in [3.05, 3.63) is 24.3 Å². The first-order valence-electron chi connectivity index (χ1n) is 5.02. The molecule has 0 aromatic heterocycles. The molecule has 0 aliphatic carbocycles. The van der Waals surface area contributed by atoms with E-state index >= 15 is 0 Å². The van der Waals surface area contributed by atoms with Gasteiger partial charge < -0.3 is 5.32 Å². The molecule has 16 heavy (non-hydrogen) atoms. The molecule has 84 valence electrons. The van der Waals surface area contributed by atoms with Crippen LogP contribution in [0.5, 0.6) is 0 Å². The van der Waals surface area contributed by atoms with Gasteiger partial charge >= 0.3 is 0 Å². The zero-order chi connectivity index (χ0) is 12.0. The molecule has 3 nitrogen and oxygen atoms in total. The second kappa shape index (κ2) is 6.19. The van der Waals surface area contributed by atoms with E-state index in [2.05, 4.69) is 11.4 Å². The molecule has 0 saturated heterocycles. The van der Waals surface area contributed by atoms with Gasteiger partial charge in [0.05, 0.1) is 12.0 Å². The van der Waals surface area contributed by atoms with Gasteiger partial charge in [0.2, 0.25) is 5.91 Å². The number of nitrogens with one attached hydrogen (secondary N) is 1. The van der Waals surface area contributed by atoms with Gasteiger partial charge in [-0.15, -0.1) is 11.8 Å². The molecule has 0 bridgehead atoms. The molecule has 4 heteroatoms. The largest absolute Gasteiger partial charge is 0.326 e. The lowest BCUT2D eigenvalue weighted by Gasteiger charge is -2.05. The van der Waals surface area contributed by atoms with E-state index in [-0.39, 0.29) is 11.8 Å². The fourth-order valence-corrected chi connectivity index (χ4v) is 1.94. The lowest BCUT2D eigenvalue weighted by Crippen LogP contribution is -2.05. The van der Waals surface area contributed by atoms with E-state index in [0.29, 0.717) is 0 Å². The first-order chi connectivity index (χ1) is 7.61. The number of nitrogens with zero attached hydrogens (tertiary/aromatic N) is 1. The average Bonchev–Trinajstić information content (AvgIpc) is 2.27. The summed E-state index contributed by atoms with van der Waals surface area (Å²) in [5.74, 6) is 0.772. The van der Waals surface area contributed by atoms with E-state index < -0.39 is 0 Å². The Kier molecular flexibility index (Phi) is 4.87. The van der Waals surface area contributed by atoms with Gasteiger partial charge in [-0.2, -0.15) is 5.26 Å². The molecule has 0 radical (unpaired) electrons. The van der Waals surface area contributed by atoms with Gasteiger partial charge in [0.15, 0.2) is 0 Å². The van der Waals surface area contributed by atoms with Gasteiger partial charge in [0.1, 0.15) is 0 Å². The topological polar surface area (TPSA) is 52.9 Å². The minimum absolute atomic E-state index is 0.0556. The highest BCUT2D eigenvalue weighted by molar-refractivity contribution is 7.99. The van der Waals surface area contributed by atoms with E-state index in [1.807, 2.05) is 31.2 Å². The van der Waals surface area contributed by atoms with E-state index in [0.717, 1.165) is 16.3 Å². The Bertz CT molecular complexity index is 394. The number of amides is 1. The Morgan fingerprint density at radius 3 is 2.62 bits per heavy atom. The quantitative estimate of drug-likeness (QED) is 0.815. The van der Waals surface area contributed by atoms with Crippen LogP contribution in [0.3, 0.4) is 0 Å². The van der Waals surface area contributed by atoms with Crippen molar-refractivity contribution < 1.29 is 4.79 Å². The SMILES string of the molecule is CC(=O)Nc1ccc(SC[C@H](C)C#N)cc1. The number of carbonyl (C=O) groups is 1. The number of benzene rings is 1. The molecule has 0 unspecified atom stereocenters. The van der Waals surface area contributed by atoms with E-state index in [4.69, 9.17) is 5.26 Å². The third-order valence-corrected chi connectivity index (χ3v) is 3.17. The molecule has 1 aromatic rings. The molecule has 1 N–H and O–H groups in total. The van der Waals surface area contributed by atoms with Crippen molar-refractivity contribution >= 4 is 23.4 Å². The molecule has 1 atom stereocenters. The maximum absolute atomic E-state index is 10.8. The molecule has 1 rings (SSSR count). The van der Waals surface area contributed by atoms with E-state index in [1.54, 1.807) is 11.8 Å². The number of thioether (sulfide) groups is 1. The van der Waals surface area contributed by atoms with Crippen LogP contribution in [-0.2, 0) is 4.79 Å². The highest BCUT2D eigenvalue weighted by Gasteiger charge is 2.01. The second-order valence-corrected chi connectivity index (χ2v) is 4.64. The molecule has 0 fully saturated rings. The zero-order valence-electron chi connectivity index (χ0n) is 9.36. The van der Waals surface area contributed by atoms with Gasteiger partial charge in [-0.3, -0.25) is 4.79 Å². The Hall–Kier alpha value is -1.47. The maximum Gasteiger partial charge on any atom is 0.221 e. The fourth-order valence-electron chi connectivity index (χ4n) is 1.10. The van der Waals surface area contributed by atoms with Gasteiger partial charge in [-0.25, -0.2) is 0 Å². The number of hydrogen-bond acceptors (Lipinski definition) is 3. The van der Waals surface area contributed by atoms with Crippen LogP contribution in [0.4, 0.5) is 5.69 Å². The summed E-state index contributed by atoms with van der Waals surface area (Å²) >= 11 is 1.65. The van der Waals surface area contributed by atoms with Crippen LogP contribution in [0.2, 0.25) is 0 Å². The van der Waals surface area contributed by atoms with Gasteiger partial charge in [0, 0.05) is 23.3 Å². The first kappa shape index (κ1) is 12.6. The van der Waals surface area contributed by atoms with Crippen molar-refractivity contribution in [1.82, 2.24) is 0 Å². The minimum Gasteiger partial charge on any atom is -0.326 e. The predicted octanol–water partition coefficient (Wildman–Crippen LogP) is 2.90. The summed E-state index contributed by atoms with van der Waals surface area (Å²) < 4.78 is 0. The molecule has 0 saturated carbocycles. The van der Waals surface area contributed by atoms with Crippen LogP contribution in [0.25, 0.3) is 0 Å². The Labute approximate surface area is 99.8 Å². The summed E-state index contributed by atoms with van der Waals surface area (Å²) in [5.41, 5.74) is 0.796. The number of anilines is 1. The normalized spacial score (nSPS) is 11.6. The number of nitriles is 1. The highest BCUT2D eigenvalue weighted by atomic mass is 32.2. The molecule has 1 amide bonds. The lowest BCUT2D eigenvalue weighted by molar-refractivity contribution is -0.114. The molecule has 0 aliphatic rings.